The van der Waals surface area contributed by atoms with Crippen molar-refractivity contribution in [1.29, 1.82) is 0 Å². The summed E-state index contributed by atoms with van der Waals surface area (Å²) in [7, 11) is 3.43. The average molecular weight is 537 g/mol. The van der Waals surface area contributed by atoms with E-state index in [-0.39, 0.29) is 18.1 Å². The van der Waals surface area contributed by atoms with E-state index in [9.17, 15) is 14.7 Å². The average Bonchev–Trinajstić information content (AvgIpc) is 3.56. The van der Waals surface area contributed by atoms with E-state index in [2.05, 4.69) is 26.0 Å². The second kappa shape index (κ2) is 9.91. The Kier molecular flexibility index (Phi) is 6.54. The Morgan fingerprint density at radius 3 is 2.54 bits per heavy atom. The lowest BCUT2D eigenvalue weighted by Gasteiger charge is -2.39. The van der Waals surface area contributed by atoms with Crippen LogP contribution in [0.1, 0.15) is 32.1 Å². The highest BCUT2D eigenvalue weighted by Gasteiger charge is 2.39. The minimum atomic E-state index is -1.09. The Bertz CT molecular complexity index is 1420. The van der Waals surface area contributed by atoms with Gasteiger partial charge in [-0.25, -0.2) is 14.5 Å². The molecule has 0 radical (unpaired) electrons. The van der Waals surface area contributed by atoms with Crippen molar-refractivity contribution in [3.8, 4) is 5.69 Å². The third kappa shape index (κ3) is 4.87. The molecule has 3 saturated heterocycles. The fraction of sp³-hybridized carbons (Fsp3) is 0.593. The summed E-state index contributed by atoms with van der Waals surface area (Å²) in [5.74, 6) is 0. The molecule has 12 heteroatoms. The minimum absolute atomic E-state index is 0.0731. The van der Waals surface area contributed by atoms with Gasteiger partial charge < -0.3 is 24.5 Å². The number of anilines is 1. The Labute approximate surface area is 226 Å². The molecular formula is C27H36N8O4. The summed E-state index contributed by atoms with van der Waals surface area (Å²) < 4.78 is 8.69. The van der Waals surface area contributed by atoms with Gasteiger partial charge in [0.1, 0.15) is 11.7 Å². The van der Waals surface area contributed by atoms with E-state index in [0.29, 0.717) is 42.4 Å². The first kappa shape index (κ1) is 25.8. The van der Waals surface area contributed by atoms with Gasteiger partial charge in [0.25, 0.3) is 5.56 Å². The zero-order chi connectivity index (χ0) is 27.2. The maximum absolute atomic E-state index is 13.4. The first-order valence-electron chi connectivity index (χ1n) is 13.7. The van der Waals surface area contributed by atoms with Gasteiger partial charge in [0.05, 0.1) is 42.1 Å². The standard InChI is InChI=1S/C27H36N8O4/c1-31(2)25(37)32-9-4-27(38,5-10-32)18-34-19-29-23-22(24(34)36)16-30-35(23)21-13-20(14-28-15-21)33-8-3-26(17-33)6-11-39-12-7-26/h13-16,19,38H,3-12,17-18H2,1-2H3. The number of amides is 2. The molecule has 0 saturated carbocycles. The van der Waals surface area contributed by atoms with Crippen LogP contribution in [0.15, 0.2) is 35.8 Å². The molecule has 0 aromatic carbocycles. The summed E-state index contributed by atoms with van der Waals surface area (Å²) in [5, 5.41) is 16.1. The zero-order valence-corrected chi connectivity index (χ0v) is 22.6. The molecule has 39 heavy (non-hydrogen) atoms. The second-order valence-electron chi connectivity index (χ2n) is 11.5. The van der Waals surface area contributed by atoms with Crippen molar-refractivity contribution in [3.05, 3.63) is 41.3 Å². The highest BCUT2D eigenvalue weighted by Crippen LogP contribution is 2.41. The molecule has 12 nitrogen and oxygen atoms in total. The van der Waals surface area contributed by atoms with E-state index in [1.165, 1.54) is 22.0 Å². The van der Waals surface area contributed by atoms with Crippen molar-refractivity contribution in [2.45, 2.75) is 44.2 Å². The Balaban J connectivity index is 1.20. The number of carbonyl (C=O) groups is 1. The monoisotopic (exact) mass is 536 g/mol. The molecule has 0 unspecified atom stereocenters. The summed E-state index contributed by atoms with van der Waals surface area (Å²) in [6.45, 7) is 4.63. The molecule has 1 spiro atoms. The molecule has 2 amide bonds. The maximum Gasteiger partial charge on any atom is 0.319 e. The molecule has 6 heterocycles. The SMILES string of the molecule is CN(C)C(=O)N1CCC(O)(Cn2cnc3c(cnn3-c3cncc(N4CCC5(CCOCC5)C4)c3)c2=O)CC1. The van der Waals surface area contributed by atoms with Crippen LogP contribution in [-0.4, -0.2) is 104 Å². The molecule has 3 fully saturated rings. The normalized spacial score (nSPS) is 20.6. The number of likely N-dealkylation sites (tertiary alicyclic amines) is 1. The smallest absolute Gasteiger partial charge is 0.319 e. The van der Waals surface area contributed by atoms with E-state index >= 15 is 0 Å². The Morgan fingerprint density at radius 1 is 1.05 bits per heavy atom. The van der Waals surface area contributed by atoms with Crippen molar-refractivity contribution in [1.82, 2.24) is 34.1 Å². The predicted octanol–water partition coefficient (Wildman–Crippen LogP) is 1.49. The molecule has 6 rings (SSSR count). The van der Waals surface area contributed by atoms with Crippen molar-refractivity contribution in [3.63, 3.8) is 0 Å². The lowest BCUT2D eigenvalue weighted by atomic mass is 9.80. The number of fused-ring (bicyclic) bond motifs is 1. The summed E-state index contributed by atoms with van der Waals surface area (Å²) >= 11 is 0. The van der Waals surface area contributed by atoms with Crippen LogP contribution in [-0.2, 0) is 11.3 Å². The van der Waals surface area contributed by atoms with E-state index in [1.807, 2.05) is 6.20 Å². The summed E-state index contributed by atoms with van der Waals surface area (Å²) in [6, 6.07) is 1.98. The summed E-state index contributed by atoms with van der Waals surface area (Å²) in [5.41, 5.74) is 1.22. The largest absolute Gasteiger partial charge is 0.388 e. The number of urea groups is 1. The van der Waals surface area contributed by atoms with Gasteiger partial charge in [0, 0.05) is 53.5 Å². The minimum Gasteiger partial charge on any atom is -0.388 e. The van der Waals surface area contributed by atoms with Crippen molar-refractivity contribution in [2.75, 3.05) is 58.4 Å². The van der Waals surface area contributed by atoms with Gasteiger partial charge in [-0.15, -0.1) is 0 Å². The quantitative estimate of drug-likeness (QED) is 0.532. The van der Waals surface area contributed by atoms with E-state index in [1.54, 1.807) is 29.9 Å². The molecule has 0 atom stereocenters. The van der Waals surface area contributed by atoms with Crippen LogP contribution in [0.2, 0.25) is 0 Å². The first-order chi connectivity index (χ1) is 18.8. The molecule has 3 aliphatic rings. The number of rotatable bonds is 4. The maximum atomic E-state index is 13.4. The van der Waals surface area contributed by atoms with Gasteiger partial charge in [-0.2, -0.15) is 5.10 Å². The van der Waals surface area contributed by atoms with Gasteiger partial charge in [0.2, 0.25) is 0 Å². The summed E-state index contributed by atoms with van der Waals surface area (Å²) in [6.07, 6.45) is 10.7. The van der Waals surface area contributed by atoms with Crippen LogP contribution in [0, 0.1) is 5.41 Å². The molecule has 0 bridgehead atoms. The Hall–Kier alpha value is -3.51. The van der Waals surface area contributed by atoms with E-state index in [4.69, 9.17) is 4.74 Å². The van der Waals surface area contributed by atoms with Crippen LogP contribution in [0.3, 0.4) is 0 Å². The van der Waals surface area contributed by atoms with Crippen LogP contribution < -0.4 is 10.5 Å². The summed E-state index contributed by atoms with van der Waals surface area (Å²) in [4.78, 5) is 40.3. The molecule has 3 aliphatic heterocycles. The third-order valence-electron chi connectivity index (χ3n) is 8.68. The highest BCUT2D eigenvalue weighted by atomic mass is 16.5. The number of nitrogens with zero attached hydrogens (tertiary/aromatic N) is 8. The fourth-order valence-electron chi connectivity index (χ4n) is 6.20. The fourth-order valence-corrected chi connectivity index (χ4v) is 6.20. The third-order valence-corrected chi connectivity index (χ3v) is 8.68. The number of ether oxygens (including phenoxy) is 1. The van der Waals surface area contributed by atoms with Crippen LogP contribution in [0.5, 0.6) is 0 Å². The molecular weight excluding hydrogens is 500 g/mol. The number of hydrogen-bond donors (Lipinski definition) is 1. The Morgan fingerprint density at radius 2 is 1.79 bits per heavy atom. The van der Waals surface area contributed by atoms with Gasteiger partial charge in [-0.3, -0.25) is 14.3 Å². The topological polar surface area (TPSA) is 122 Å². The number of aromatic nitrogens is 5. The van der Waals surface area contributed by atoms with E-state index in [0.717, 1.165) is 56.9 Å². The van der Waals surface area contributed by atoms with Gasteiger partial charge in [-0.05, 0) is 43.6 Å². The number of hydrogen-bond acceptors (Lipinski definition) is 8. The van der Waals surface area contributed by atoms with Gasteiger partial charge in [-0.1, -0.05) is 0 Å². The van der Waals surface area contributed by atoms with Crippen LogP contribution in [0.25, 0.3) is 16.7 Å². The lowest BCUT2D eigenvalue weighted by Crippen LogP contribution is -2.51. The van der Waals surface area contributed by atoms with Crippen molar-refractivity contribution in [2.24, 2.45) is 5.41 Å². The number of pyridine rings is 1. The predicted molar refractivity (Wildman–Crippen MR) is 145 cm³/mol. The molecule has 3 aromatic rings. The number of aliphatic hydroxyl groups is 1. The van der Waals surface area contributed by atoms with E-state index < -0.39 is 5.60 Å². The molecule has 208 valence electrons. The van der Waals surface area contributed by atoms with Gasteiger partial charge >= 0.3 is 6.03 Å². The first-order valence-corrected chi connectivity index (χ1v) is 13.7. The van der Waals surface area contributed by atoms with Gasteiger partial charge in [0.15, 0.2) is 5.65 Å². The van der Waals surface area contributed by atoms with Crippen molar-refractivity contribution >= 4 is 22.8 Å². The molecule has 1 N–H and O–H groups in total. The number of carbonyl (C=O) groups excluding carboxylic acids is 1. The van der Waals surface area contributed by atoms with Crippen LogP contribution >= 0.6 is 0 Å². The highest BCUT2D eigenvalue weighted by molar-refractivity contribution is 5.75. The second-order valence-corrected chi connectivity index (χ2v) is 11.5. The number of piperidine rings is 1. The van der Waals surface area contributed by atoms with Crippen LogP contribution in [0.4, 0.5) is 10.5 Å². The molecule has 0 aliphatic carbocycles. The lowest BCUT2D eigenvalue weighted by molar-refractivity contribution is -0.0282. The molecule has 3 aromatic heterocycles. The zero-order valence-electron chi connectivity index (χ0n) is 22.6. The van der Waals surface area contributed by atoms with Crippen molar-refractivity contribution < 1.29 is 14.6 Å².